The molecule has 0 amide bonds. The Morgan fingerprint density at radius 1 is 1.65 bits per heavy atom. The van der Waals surface area contributed by atoms with Crippen molar-refractivity contribution >= 4 is 0 Å². The second-order valence-corrected chi connectivity index (χ2v) is 4.70. The molecule has 1 saturated carbocycles. The van der Waals surface area contributed by atoms with Crippen molar-refractivity contribution < 1.29 is 4.74 Å². The first kappa shape index (κ1) is 12.5. The molecule has 1 atom stereocenters. The zero-order valence-electron chi connectivity index (χ0n) is 10.6. The summed E-state index contributed by atoms with van der Waals surface area (Å²) in [6.07, 6.45) is 8.19. The van der Waals surface area contributed by atoms with Crippen molar-refractivity contribution in [3.8, 4) is 0 Å². The predicted molar refractivity (Wildman–Crippen MR) is 66.2 cm³/mol. The van der Waals surface area contributed by atoms with Gasteiger partial charge in [-0.3, -0.25) is 5.84 Å². The molecule has 5 heteroatoms. The largest absolute Gasteiger partial charge is 0.376 e. The van der Waals surface area contributed by atoms with Crippen LogP contribution < -0.4 is 11.3 Å². The molecule has 96 valence electrons. The van der Waals surface area contributed by atoms with E-state index >= 15 is 0 Å². The van der Waals surface area contributed by atoms with E-state index in [1.54, 1.807) is 7.11 Å². The van der Waals surface area contributed by atoms with Crippen LogP contribution in [0.15, 0.2) is 12.4 Å². The quantitative estimate of drug-likeness (QED) is 0.580. The molecule has 1 aliphatic carbocycles. The minimum atomic E-state index is -0.175. The maximum Gasteiger partial charge on any atom is 0.130 e. The third kappa shape index (κ3) is 2.10. The van der Waals surface area contributed by atoms with Crippen LogP contribution in [-0.4, -0.2) is 22.3 Å². The van der Waals surface area contributed by atoms with Gasteiger partial charge in [0.1, 0.15) is 11.9 Å². The highest BCUT2D eigenvalue weighted by atomic mass is 16.5. The molecular weight excluding hydrogens is 216 g/mol. The highest BCUT2D eigenvalue weighted by Gasteiger charge is 2.46. The molecule has 1 unspecified atom stereocenters. The number of nitrogens with one attached hydrogen (secondary N) is 1. The number of ether oxygens (including phenoxy) is 1. The molecule has 3 N–H and O–H groups in total. The molecule has 0 bridgehead atoms. The Morgan fingerprint density at radius 2 is 2.41 bits per heavy atom. The van der Waals surface area contributed by atoms with Gasteiger partial charge in [0.15, 0.2) is 0 Å². The van der Waals surface area contributed by atoms with Gasteiger partial charge >= 0.3 is 0 Å². The van der Waals surface area contributed by atoms with Crippen molar-refractivity contribution in [1.29, 1.82) is 0 Å². The second-order valence-electron chi connectivity index (χ2n) is 4.70. The number of hydrogen-bond acceptors (Lipinski definition) is 4. The summed E-state index contributed by atoms with van der Waals surface area (Å²) in [6, 6.07) is -0.0252. The molecule has 0 aromatic carbocycles. The smallest absolute Gasteiger partial charge is 0.130 e. The van der Waals surface area contributed by atoms with Crippen LogP contribution in [0.2, 0.25) is 0 Å². The molecule has 0 saturated heterocycles. The lowest BCUT2D eigenvalue weighted by atomic mass is 9.74. The number of hydrogen-bond donors (Lipinski definition) is 2. The lowest BCUT2D eigenvalue weighted by Crippen LogP contribution is -2.53. The Morgan fingerprint density at radius 3 is 2.88 bits per heavy atom. The van der Waals surface area contributed by atoms with Gasteiger partial charge in [0.2, 0.25) is 0 Å². The molecule has 0 radical (unpaired) electrons. The van der Waals surface area contributed by atoms with Gasteiger partial charge in [-0.25, -0.2) is 10.4 Å². The Kier molecular flexibility index (Phi) is 3.81. The minimum Gasteiger partial charge on any atom is -0.376 e. The van der Waals surface area contributed by atoms with E-state index in [1.165, 1.54) is 6.42 Å². The fraction of sp³-hybridized carbons (Fsp3) is 0.750. The predicted octanol–water partition coefficient (Wildman–Crippen LogP) is 1.37. The van der Waals surface area contributed by atoms with Crippen LogP contribution in [0, 0.1) is 0 Å². The SMILES string of the molecule is CCCn1ccnc1C(NN)C1(OC)CCC1. The maximum atomic E-state index is 5.72. The van der Waals surface area contributed by atoms with Crippen molar-refractivity contribution in [2.24, 2.45) is 5.84 Å². The minimum absolute atomic E-state index is 0.0252. The van der Waals surface area contributed by atoms with Gasteiger partial charge in [-0.05, 0) is 25.7 Å². The number of imidazole rings is 1. The Hall–Kier alpha value is -0.910. The summed E-state index contributed by atoms with van der Waals surface area (Å²) in [5.74, 6) is 6.70. The summed E-state index contributed by atoms with van der Waals surface area (Å²) < 4.78 is 7.84. The molecule has 1 aliphatic rings. The first-order valence-corrected chi connectivity index (χ1v) is 6.29. The number of hydrazine groups is 1. The van der Waals surface area contributed by atoms with E-state index in [0.29, 0.717) is 0 Å². The Balaban J connectivity index is 2.25. The number of nitrogens with zero attached hydrogens (tertiary/aromatic N) is 2. The van der Waals surface area contributed by atoms with Crippen molar-refractivity contribution in [2.75, 3.05) is 7.11 Å². The van der Waals surface area contributed by atoms with Crippen LogP contribution in [0.3, 0.4) is 0 Å². The molecule has 1 aromatic rings. The number of aryl methyl sites for hydroxylation is 1. The lowest BCUT2D eigenvalue weighted by Gasteiger charge is -2.45. The van der Waals surface area contributed by atoms with Crippen LogP contribution in [0.5, 0.6) is 0 Å². The monoisotopic (exact) mass is 238 g/mol. The lowest BCUT2D eigenvalue weighted by molar-refractivity contribution is -0.102. The van der Waals surface area contributed by atoms with Crippen LogP contribution in [0.25, 0.3) is 0 Å². The van der Waals surface area contributed by atoms with Gasteiger partial charge in [0, 0.05) is 26.0 Å². The third-order valence-electron chi connectivity index (χ3n) is 3.77. The molecule has 2 rings (SSSR count). The second kappa shape index (κ2) is 5.16. The molecule has 1 fully saturated rings. The topological polar surface area (TPSA) is 65.1 Å². The molecule has 1 heterocycles. The van der Waals surface area contributed by atoms with Crippen LogP contribution in [0.1, 0.15) is 44.5 Å². The van der Waals surface area contributed by atoms with E-state index in [1.807, 2.05) is 12.4 Å². The Bertz CT molecular complexity index is 354. The van der Waals surface area contributed by atoms with Gasteiger partial charge in [-0.2, -0.15) is 0 Å². The van der Waals surface area contributed by atoms with E-state index in [4.69, 9.17) is 10.6 Å². The summed E-state index contributed by atoms with van der Waals surface area (Å²) >= 11 is 0. The van der Waals surface area contributed by atoms with E-state index in [0.717, 1.165) is 31.6 Å². The highest BCUT2D eigenvalue weighted by molar-refractivity contribution is 5.11. The van der Waals surface area contributed by atoms with E-state index < -0.39 is 0 Å². The molecule has 0 aliphatic heterocycles. The van der Waals surface area contributed by atoms with Gasteiger partial charge in [-0.1, -0.05) is 6.92 Å². The first-order valence-electron chi connectivity index (χ1n) is 6.29. The molecule has 0 spiro atoms. The number of aromatic nitrogens is 2. The zero-order chi connectivity index (χ0) is 12.3. The van der Waals surface area contributed by atoms with Crippen molar-refractivity contribution in [3.05, 3.63) is 18.2 Å². The van der Waals surface area contributed by atoms with Gasteiger partial charge in [0.25, 0.3) is 0 Å². The third-order valence-corrected chi connectivity index (χ3v) is 3.77. The van der Waals surface area contributed by atoms with Gasteiger partial charge < -0.3 is 9.30 Å². The maximum absolute atomic E-state index is 5.72. The number of nitrogens with two attached hydrogens (primary N) is 1. The highest BCUT2D eigenvalue weighted by Crippen LogP contribution is 2.44. The summed E-state index contributed by atoms with van der Waals surface area (Å²) in [7, 11) is 1.76. The van der Waals surface area contributed by atoms with E-state index in [-0.39, 0.29) is 11.6 Å². The molecular formula is C12H22N4O. The first-order chi connectivity index (χ1) is 8.27. The normalized spacial score (nSPS) is 19.9. The fourth-order valence-electron chi connectivity index (χ4n) is 2.61. The van der Waals surface area contributed by atoms with E-state index in [2.05, 4.69) is 21.9 Å². The van der Waals surface area contributed by atoms with Crippen LogP contribution >= 0.6 is 0 Å². The molecule has 1 aromatic heterocycles. The average Bonchev–Trinajstić information content (AvgIpc) is 2.72. The van der Waals surface area contributed by atoms with Crippen molar-refractivity contribution in [1.82, 2.24) is 15.0 Å². The molecule has 17 heavy (non-hydrogen) atoms. The van der Waals surface area contributed by atoms with Crippen LogP contribution in [0.4, 0.5) is 0 Å². The summed E-state index contributed by atoms with van der Waals surface area (Å²) in [6.45, 7) is 3.12. The van der Waals surface area contributed by atoms with Crippen LogP contribution in [-0.2, 0) is 11.3 Å². The standard InChI is InChI=1S/C12H22N4O/c1-3-8-16-9-7-14-11(16)10(15-13)12(17-2)5-4-6-12/h7,9-10,15H,3-6,8,13H2,1-2H3. The van der Waals surface area contributed by atoms with Gasteiger partial charge in [-0.15, -0.1) is 0 Å². The summed E-state index contributed by atoms with van der Waals surface area (Å²) in [4.78, 5) is 4.44. The fourth-order valence-corrected chi connectivity index (χ4v) is 2.61. The summed E-state index contributed by atoms with van der Waals surface area (Å²) in [5, 5.41) is 0. The number of methoxy groups -OCH3 is 1. The van der Waals surface area contributed by atoms with Crippen molar-refractivity contribution in [2.45, 2.75) is 50.8 Å². The average molecular weight is 238 g/mol. The molecule has 5 nitrogen and oxygen atoms in total. The zero-order valence-corrected chi connectivity index (χ0v) is 10.6. The summed E-state index contributed by atoms with van der Waals surface area (Å²) in [5.41, 5.74) is 2.71. The van der Waals surface area contributed by atoms with Crippen molar-refractivity contribution in [3.63, 3.8) is 0 Å². The van der Waals surface area contributed by atoms with E-state index in [9.17, 15) is 0 Å². The Labute approximate surface area is 102 Å². The number of rotatable bonds is 6. The van der Waals surface area contributed by atoms with Gasteiger partial charge in [0.05, 0.1) is 5.60 Å².